The molecule has 122 valence electrons. The van der Waals surface area contributed by atoms with Crippen LogP contribution in [-0.4, -0.2) is 43.1 Å². The van der Waals surface area contributed by atoms with Gasteiger partial charge in [0.15, 0.2) is 6.61 Å². The van der Waals surface area contributed by atoms with E-state index in [4.69, 9.17) is 9.47 Å². The Kier molecular flexibility index (Phi) is 4.65. The van der Waals surface area contributed by atoms with Crippen LogP contribution in [0.5, 0.6) is 5.75 Å². The number of nitrogens with zero attached hydrogens (tertiary/aromatic N) is 1. The van der Waals surface area contributed by atoms with Crippen LogP contribution in [0.25, 0.3) is 6.08 Å². The van der Waals surface area contributed by atoms with E-state index in [1.165, 1.54) is 0 Å². The second kappa shape index (κ2) is 6.86. The second-order valence-corrected chi connectivity index (χ2v) is 6.16. The number of amides is 1. The maximum atomic E-state index is 12.1. The molecule has 5 nitrogen and oxygen atoms in total. The number of para-hydroxylation sites is 1. The summed E-state index contributed by atoms with van der Waals surface area (Å²) in [7, 11) is 0. The second-order valence-electron chi connectivity index (χ2n) is 6.16. The molecule has 1 amide bonds. The van der Waals surface area contributed by atoms with Crippen LogP contribution in [0, 0.1) is 5.92 Å². The number of fused-ring (bicyclic) bond motifs is 1. The predicted molar refractivity (Wildman–Crippen MR) is 85.9 cm³/mol. The molecule has 2 aliphatic rings. The van der Waals surface area contributed by atoms with Crippen molar-refractivity contribution in [3.05, 3.63) is 35.4 Å². The van der Waals surface area contributed by atoms with Crippen LogP contribution in [-0.2, 0) is 14.3 Å². The zero-order chi connectivity index (χ0) is 16.2. The van der Waals surface area contributed by atoms with E-state index in [-0.39, 0.29) is 19.1 Å². The van der Waals surface area contributed by atoms with Gasteiger partial charge in [0.1, 0.15) is 12.4 Å². The van der Waals surface area contributed by atoms with Gasteiger partial charge in [0, 0.05) is 18.7 Å². The molecule has 23 heavy (non-hydrogen) atoms. The van der Waals surface area contributed by atoms with Gasteiger partial charge in [-0.2, -0.15) is 0 Å². The van der Waals surface area contributed by atoms with Gasteiger partial charge >= 0.3 is 5.97 Å². The van der Waals surface area contributed by atoms with Gasteiger partial charge in [-0.05, 0) is 30.9 Å². The fraction of sp³-hybridized carbons (Fsp3) is 0.444. The Morgan fingerprint density at radius 3 is 3.00 bits per heavy atom. The van der Waals surface area contributed by atoms with Crippen molar-refractivity contribution in [1.29, 1.82) is 0 Å². The van der Waals surface area contributed by atoms with Crippen LogP contribution in [0.1, 0.15) is 25.3 Å². The average Bonchev–Trinajstić information content (AvgIpc) is 2.59. The SMILES string of the molecule is C[C@H]1CCCN(C(=O)COC(=O)C2=Cc3ccccc3OC2)C1. The third-order valence-electron chi connectivity index (χ3n) is 4.23. The van der Waals surface area contributed by atoms with Gasteiger partial charge in [-0.15, -0.1) is 0 Å². The maximum Gasteiger partial charge on any atom is 0.338 e. The highest BCUT2D eigenvalue weighted by molar-refractivity contribution is 5.96. The van der Waals surface area contributed by atoms with E-state index < -0.39 is 5.97 Å². The highest BCUT2D eigenvalue weighted by Crippen LogP contribution is 2.26. The Morgan fingerprint density at radius 1 is 1.35 bits per heavy atom. The Hall–Kier alpha value is -2.30. The Balaban J connectivity index is 1.56. The molecule has 0 unspecified atom stereocenters. The molecule has 0 radical (unpaired) electrons. The fourth-order valence-electron chi connectivity index (χ4n) is 2.96. The number of benzene rings is 1. The molecular formula is C18H21NO4. The van der Waals surface area contributed by atoms with Crippen molar-refractivity contribution in [2.75, 3.05) is 26.3 Å². The normalized spacial score (nSPS) is 20.1. The first-order valence-corrected chi connectivity index (χ1v) is 8.01. The van der Waals surface area contributed by atoms with Gasteiger partial charge in [0.05, 0.1) is 5.57 Å². The minimum absolute atomic E-state index is 0.123. The smallest absolute Gasteiger partial charge is 0.338 e. The van der Waals surface area contributed by atoms with Crippen LogP contribution in [0.2, 0.25) is 0 Å². The zero-order valence-electron chi connectivity index (χ0n) is 13.3. The molecule has 5 heteroatoms. The van der Waals surface area contributed by atoms with Gasteiger partial charge in [-0.25, -0.2) is 4.79 Å². The van der Waals surface area contributed by atoms with Gasteiger partial charge in [-0.1, -0.05) is 25.1 Å². The number of ether oxygens (including phenoxy) is 2. The van der Waals surface area contributed by atoms with E-state index in [1.807, 2.05) is 24.3 Å². The first kappa shape index (κ1) is 15.6. The Morgan fingerprint density at radius 2 is 2.17 bits per heavy atom. The summed E-state index contributed by atoms with van der Waals surface area (Å²) in [6.07, 6.45) is 3.92. The topological polar surface area (TPSA) is 55.8 Å². The Bertz CT molecular complexity index is 638. The minimum atomic E-state index is -0.488. The number of esters is 1. The summed E-state index contributed by atoms with van der Waals surface area (Å²) in [5.74, 6) is 0.650. The molecule has 0 saturated carbocycles. The quantitative estimate of drug-likeness (QED) is 0.803. The molecule has 1 aromatic rings. The van der Waals surface area contributed by atoms with Crippen molar-refractivity contribution in [2.45, 2.75) is 19.8 Å². The number of piperidine rings is 1. The fourth-order valence-corrected chi connectivity index (χ4v) is 2.96. The molecule has 0 bridgehead atoms. The van der Waals surface area contributed by atoms with E-state index in [2.05, 4.69) is 6.92 Å². The number of hydrogen-bond donors (Lipinski definition) is 0. The number of hydrogen-bond acceptors (Lipinski definition) is 4. The molecule has 0 aromatic heterocycles. The Labute approximate surface area is 135 Å². The van der Waals surface area contributed by atoms with Crippen molar-refractivity contribution in [3.8, 4) is 5.75 Å². The number of carbonyl (C=O) groups is 2. The molecular weight excluding hydrogens is 294 g/mol. The standard InChI is InChI=1S/C18H21NO4/c1-13-5-4-8-19(10-13)17(20)12-23-18(21)15-9-14-6-2-3-7-16(14)22-11-15/h2-3,6-7,9,13H,4-5,8,10-12H2,1H3/t13-/m0/s1. The molecule has 0 aliphatic carbocycles. The van der Waals surface area contributed by atoms with Gasteiger partial charge in [0.25, 0.3) is 5.91 Å². The van der Waals surface area contributed by atoms with E-state index in [0.717, 1.165) is 37.2 Å². The first-order chi connectivity index (χ1) is 11.1. The zero-order valence-corrected chi connectivity index (χ0v) is 13.3. The summed E-state index contributed by atoms with van der Waals surface area (Å²) in [5, 5.41) is 0. The maximum absolute atomic E-state index is 12.1. The predicted octanol–water partition coefficient (Wildman–Crippen LogP) is 2.26. The van der Waals surface area contributed by atoms with Gasteiger partial charge in [0.2, 0.25) is 0 Å². The first-order valence-electron chi connectivity index (χ1n) is 8.01. The molecule has 3 rings (SSSR count). The van der Waals surface area contributed by atoms with Crippen molar-refractivity contribution in [1.82, 2.24) is 4.90 Å². The van der Waals surface area contributed by atoms with Crippen molar-refractivity contribution >= 4 is 18.0 Å². The molecule has 1 saturated heterocycles. The van der Waals surface area contributed by atoms with Crippen molar-refractivity contribution in [3.63, 3.8) is 0 Å². The molecule has 2 aliphatic heterocycles. The summed E-state index contributed by atoms with van der Waals surface area (Å²) >= 11 is 0. The largest absolute Gasteiger partial charge is 0.488 e. The highest BCUT2D eigenvalue weighted by Gasteiger charge is 2.23. The number of rotatable bonds is 3. The highest BCUT2D eigenvalue weighted by atomic mass is 16.5. The van der Waals surface area contributed by atoms with Gasteiger partial charge in [-0.3, -0.25) is 4.79 Å². The third-order valence-corrected chi connectivity index (χ3v) is 4.23. The molecule has 1 aromatic carbocycles. The van der Waals surface area contributed by atoms with Crippen molar-refractivity contribution < 1.29 is 19.1 Å². The summed E-state index contributed by atoms with van der Waals surface area (Å²) in [6.45, 7) is 3.60. The van der Waals surface area contributed by atoms with Crippen LogP contribution in [0.15, 0.2) is 29.8 Å². The number of carbonyl (C=O) groups excluding carboxylic acids is 2. The summed E-state index contributed by atoms with van der Waals surface area (Å²) in [6, 6.07) is 7.50. The molecule has 1 atom stereocenters. The molecule has 0 spiro atoms. The third kappa shape index (κ3) is 3.73. The van der Waals surface area contributed by atoms with E-state index >= 15 is 0 Å². The monoisotopic (exact) mass is 315 g/mol. The van der Waals surface area contributed by atoms with Crippen LogP contribution >= 0.6 is 0 Å². The lowest BCUT2D eigenvalue weighted by Crippen LogP contribution is -2.41. The van der Waals surface area contributed by atoms with Crippen LogP contribution < -0.4 is 4.74 Å². The lowest BCUT2D eigenvalue weighted by Gasteiger charge is -2.30. The summed E-state index contributed by atoms with van der Waals surface area (Å²) < 4.78 is 10.7. The molecule has 0 N–H and O–H groups in total. The lowest BCUT2D eigenvalue weighted by atomic mass is 10.0. The summed E-state index contributed by atoms with van der Waals surface area (Å²) in [5.41, 5.74) is 1.28. The summed E-state index contributed by atoms with van der Waals surface area (Å²) in [4.78, 5) is 26.0. The van der Waals surface area contributed by atoms with E-state index in [1.54, 1.807) is 11.0 Å². The molecule has 1 fully saturated rings. The van der Waals surface area contributed by atoms with Crippen molar-refractivity contribution in [2.24, 2.45) is 5.92 Å². The van der Waals surface area contributed by atoms with Gasteiger partial charge < -0.3 is 14.4 Å². The van der Waals surface area contributed by atoms with Crippen LogP contribution in [0.4, 0.5) is 0 Å². The number of likely N-dealkylation sites (tertiary alicyclic amines) is 1. The van der Waals surface area contributed by atoms with E-state index in [9.17, 15) is 9.59 Å². The average molecular weight is 315 g/mol. The van der Waals surface area contributed by atoms with Crippen LogP contribution in [0.3, 0.4) is 0 Å². The lowest BCUT2D eigenvalue weighted by molar-refractivity contribution is -0.150. The van der Waals surface area contributed by atoms with E-state index in [0.29, 0.717) is 11.5 Å². The minimum Gasteiger partial charge on any atom is -0.488 e. The molecule has 2 heterocycles.